The number of hydrogen-bond acceptors (Lipinski definition) is 4. The Morgan fingerprint density at radius 1 is 1.11 bits per heavy atom. The van der Waals surface area contributed by atoms with Crippen molar-refractivity contribution >= 4 is 11.8 Å². The van der Waals surface area contributed by atoms with Crippen LogP contribution in [-0.2, 0) is 0 Å². The summed E-state index contributed by atoms with van der Waals surface area (Å²) in [6.07, 6.45) is 5.17. The third-order valence-corrected chi connectivity index (χ3v) is 3.47. The zero-order chi connectivity index (χ0) is 13.0. The molecule has 4 heteroatoms. The van der Waals surface area contributed by atoms with Gasteiger partial charge in [-0.25, -0.2) is 4.98 Å². The van der Waals surface area contributed by atoms with Crippen molar-refractivity contribution in [3.8, 4) is 0 Å². The summed E-state index contributed by atoms with van der Waals surface area (Å²) in [5, 5.41) is 3.14. The van der Waals surface area contributed by atoms with E-state index in [1.165, 1.54) is 25.7 Å². The SMILES string of the molecule is CNc1cc(C(C)C)nc(N2CCCCCC2)n1. The van der Waals surface area contributed by atoms with Gasteiger partial charge in [-0.2, -0.15) is 4.98 Å². The maximum atomic E-state index is 4.72. The fourth-order valence-electron chi connectivity index (χ4n) is 2.29. The molecule has 1 saturated heterocycles. The second-order valence-electron chi connectivity index (χ2n) is 5.28. The van der Waals surface area contributed by atoms with E-state index in [9.17, 15) is 0 Å². The molecular formula is C14H24N4. The number of nitrogens with zero attached hydrogens (tertiary/aromatic N) is 3. The Balaban J connectivity index is 2.27. The van der Waals surface area contributed by atoms with Gasteiger partial charge in [-0.1, -0.05) is 26.7 Å². The Kier molecular flexibility index (Phi) is 4.39. The average Bonchev–Trinajstić information content (AvgIpc) is 2.67. The van der Waals surface area contributed by atoms with Crippen molar-refractivity contribution in [1.82, 2.24) is 9.97 Å². The van der Waals surface area contributed by atoms with Crippen molar-refractivity contribution < 1.29 is 0 Å². The number of aromatic nitrogens is 2. The molecule has 1 aliphatic heterocycles. The van der Waals surface area contributed by atoms with Gasteiger partial charge < -0.3 is 10.2 Å². The largest absolute Gasteiger partial charge is 0.373 e. The van der Waals surface area contributed by atoms with Gasteiger partial charge in [0.05, 0.1) is 5.69 Å². The maximum Gasteiger partial charge on any atom is 0.227 e. The van der Waals surface area contributed by atoms with Crippen LogP contribution in [0.5, 0.6) is 0 Å². The van der Waals surface area contributed by atoms with Crippen LogP contribution >= 0.6 is 0 Å². The molecule has 1 aromatic rings. The molecular weight excluding hydrogens is 224 g/mol. The van der Waals surface area contributed by atoms with Crippen molar-refractivity contribution in [3.63, 3.8) is 0 Å². The molecule has 100 valence electrons. The molecule has 0 unspecified atom stereocenters. The van der Waals surface area contributed by atoms with Gasteiger partial charge in [0.25, 0.3) is 0 Å². The topological polar surface area (TPSA) is 41.1 Å². The predicted octanol–water partition coefficient (Wildman–Crippen LogP) is 3.02. The summed E-state index contributed by atoms with van der Waals surface area (Å²) in [6, 6.07) is 2.05. The van der Waals surface area contributed by atoms with Crippen LogP contribution in [0.4, 0.5) is 11.8 Å². The quantitative estimate of drug-likeness (QED) is 0.892. The number of nitrogens with one attached hydrogen (secondary N) is 1. The Hall–Kier alpha value is -1.32. The van der Waals surface area contributed by atoms with Crippen molar-refractivity contribution in [2.24, 2.45) is 0 Å². The molecule has 1 N–H and O–H groups in total. The standard InChI is InChI=1S/C14H24N4/c1-11(2)12-10-13(15-3)17-14(16-12)18-8-6-4-5-7-9-18/h10-11H,4-9H2,1-3H3,(H,15,16,17). The number of rotatable bonds is 3. The highest BCUT2D eigenvalue weighted by atomic mass is 15.3. The normalized spacial score (nSPS) is 16.8. The van der Waals surface area contributed by atoms with Crippen LogP contribution in [0.3, 0.4) is 0 Å². The van der Waals surface area contributed by atoms with E-state index in [4.69, 9.17) is 4.98 Å². The molecule has 0 aromatic carbocycles. The first kappa shape index (κ1) is 13.1. The Bertz CT molecular complexity index is 381. The lowest BCUT2D eigenvalue weighted by atomic mass is 10.1. The first-order valence-corrected chi connectivity index (χ1v) is 7.02. The van der Waals surface area contributed by atoms with Gasteiger partial charge >= 0.3 is 0 Å². The van der Waals surface area contributed by atoms with Gasteiger partial charge in [0.1, 0.15) is 5.82 Å². The molecule has 0 spiro atoms. The van der Waals surface area contributed by atoms with Crippen molar-refractivity contribution in [3.05, 3.63) is 11.8 Å². The highest BCUT2D eigenvalue weighted by Crippen LogP contribution is 2.21. The highest BCUT2D eigenvalue weighted by molar-refractivity contribution is 5.44. The molecule has 2 heterocycles. The van der Waals surface area contributed by atoms with Gasteiger partial charge in [-0.3, -0.25) is 0 Å². The smallest absolute Gasteiger partial charge is 0.227 e. The van der Waals surface area contributed by atoms with Crippen LogP contribution in [0.2, 0.25) is 0 Å². The van der Waals surface area contributed by atoms with Crippen LogP contribution in [0.1, 0.15) is 51.1 Å². The van der Waals surface area contributed by atoms with E-state index in [0.717, 1.165) is 30.5 Å². The lowest BCUT2D eigenvalue weighted by Gasteiger charge is -2.22. The van der Waals surface area contributed by atoms with E-state index < -0.39 is 0 Å². The van der Waals surface area contributed by atoms with E-state index >= 15 is 0 Å². The summed E-state index contributed by atoms with van der Waals surface area (Å²) in [5.41, 5.74) is 1.12. The fraction of sp³-hybridized carbons (Fsp3) is 0.714. The third kappa shape index (κ3) is 3.12. The second-order valence-corrected chi connectivity index (χ2v) is 5.28. The molecule has 0 bridgehead atoms. The fourth-order valence-corrected chi connectivity index (χ4v) is 2.29. The monoisotopic (exact) mass is 248 g/mol. The molecule has 1 aliphatic rings. The second kappa shape index (κ2) is 6.03. The van der Waals surface area contributed by atoms with Crippen LogP contribution in [0, 0.1) is 0 Å². The molecule has 2 rings (SSSR count). The molecule has 4 nitrogen and oxygen atoms in total. The summed E-state index contributed by atoms with van der Waals surface area (Å²) in [5.74, 6) is 2.26. The first-order chi connectivity index (χ1) is 8.70. The van der Waals surface area contributed by atoms with Crippen LogP contribution < -0.4 is 10.2 Å². The lowest BCUT2D eigenvalue weighted by Crippen LogP contribution is -2.26. The summed E-state index contributed by atoms with van der Waals surface area (Å²) in [7, 11) is 1.92. The maximum absolute atomic E-state index is 4.72. The molecule has 0 amide bonds. The van der Waals surface area contributed by atoms with Crippen molar-refractivity contribution in [2.75, 3.05) is 30.4 Å². The van der Waals surface area contributed by atoms with Crippen LogP contribution in [-0.4, -0.2) is 30.1 Å². The van der Waals surface area contributed by atoms with E-state index in [1.54, 1.807) is 0 Å². The summed E-state index contributed by atoms with van der Waals surface area (Å²) in [6.45, 7) is 6.53. The minimum absolute atomic E-state index is 0.436. The van der Waals surface area contributed by atoms with Gasteiger partial charge in [-0.15, -0.1) is 0 Å². The van der Waals surface area contributed by atoms with E-state index in [2.05, 4.69) is 29.0 Å². The minimum Gasteiger partial charge on any atom is -0.373 e. The summed E-state index contributed by atoms with van der Waals surface area (Å²) in [4.78, 5) is 11.7. The molecule has 1 aromatic heterocycles. The number of anilines is 2. The summed E-state index contributed by atoms with van der Waals surface area (Å²) >= 11 is 0. The van der Waals surface area contributed by atoms with E-state index in [0.29, 0.717) is 5.92 Å². The van der Waals surface area contributed by atoms with E-state index in [1.807, 2.05) is 13.1 Å². The Morgan fingerprint density at radius 3 is 2.33 bits per heavy atom. The van der Waals surface area contributed by atoms with Gasteiger partial charge in [0, 0.05) is 26.2 Å². The Morgan fingerprint density at radius 2 is 1.78 bits per heavy atom. The predicted molar refractivity (Wildman–Crippen MR) is 76.3 cm³/mol. The molecule has 0 saturated carbocycles. The summed E-state index contributed by atoms with van der Waals surface area (Å²) < 4.78 is 0. The molecule has 18 heavy (non-hydrogen) atoms. The zero-order valence-corrected chi connectivity index (χ0v) is 11.7. The Labute approximate surface area is 110 Å². The molecule has 0 atom stereocenters. The van der Waals surface area contributed by atoms with E-state index in [-0.39, 0.29) is 0 Å². The zero-order valence-electron chi connectivity index (χ0n) is 11.7. The lowest BCUT2D eigenvalue weighted by molar-refractivity contribution is 0.726. The van der Waals surface area contributed by atoms with Gasteiger partial charge in [-0.05, 0) is 18.8 Å². The average molecular weight is 248 g/mol. The first-order valence-electron chi connectivity index (χ1n) is 7.02. The molecule has 1 fully saturated rings. The minimum atomic E-state index is 0.436. The van der Waals surface area contributed by atoms with Gasteiger partial charge in [0.2, 0.25) is 5.95 Å². The number of hydrogen-bond donors (Lipinski definition) is 1. The van der Waals surface area contributed by atoms with Crippen molar-refractivity contribution in [2.45, 2.75) is 45.4 Å². The molecule has 0 aliphatic carbocycles. The van der Waals surface area contributed by atoms with Crippen molar-refractivity contribution in [1.29, 1.82) is 0 Å². The molecule has 0 radical (unpaired) electrons. The van der Waals surface area contributed by atoms with Crippen LogP contribution in [0.15, 0.2) is 6.07 Å². The van der Waals surface area contributed by atoms with Crippen LogP contribution in [0.25, 0.3) is 0 Å². The third-order valence-electron chi connectivity index (χ3n) is 3.47. The highest BCUT2D eigenvalue weighted by Gasteiger charge is 2.15. The van der Waals surface area contributed by atoms with Gasteiger partial charge in [0.15, 0.2) is 0 Å².